The molecule has 0 aliphatic heterocycles. The van der Waals surface area contributed by atoms with Gasteiger partial charge in [0.15, 0.2) is 0 Å². The Morgan fingerprint density at radius 1 is 1.42 bits per heavy atom. The van der Waals surface area contributed by atoms with Crippen LogP contribution in [0.2, 0.25) is 0 Å². The molecule has 2 nitrogen and oxygen atoms in total. The fourth-order valence-electron chi connectivity index (χ4n) is 2.06. The van der Waals surface area contributed by atoms with E-state index in [1.54, 1.807) is 4.90 Å². The fourth-order valence-corrected chi connectivity index (χ4v) is 2.06. The summed E-state index contributed by atoms with van der Waals surface area (Å²) in [6.07, 6.45) is 2.73. The van der Waals surface area contributed by atoms with E-state index in [1.165, 1.54) is 12.1 Å². The van der Waals surface area contributed by atoms with Crippen molar-refractivity contribution in [2.45, 2.75) is 45.7 Å². The van der Waals surface area contributed by atoms with Crippen LogP contribution < -0.4 is 0 Å². The minimum atomic E-state index is -0.590. The molecule has 1 amide bonds. The predicted octanol–water partition coefficient (Wildman–Crippen LogP) is 3.50. The molecule has 0 aromatic heterocycles. The zero-order valence-corrected chi connectivity index (χ0v) is 11.3. The molecule has 1 aromatic rings. The number of nitrogens with zero attached hydrogens (tertiary/aromatic N) is 1. The second-order valence-corrected chi connectivity index (χ2v) is 5.24. The molecule has 104 valence electrons. The SMILES string of the molecule is CCC(C)C(=O)N(Cc1ccc(F)cc1F)C1CC1. The van der Waals surface area contributed by atoms with Crippen molar-refractivity contribution in [3.05, 3.63) is 35.4 Å². The molecule has 1 atom stereocenters. The summed E-state index contributed by atoms with van der Waals surface area (Å²) >= 11 is 0. The lowest BCUT2D eigenvalue weighted by atomic mass is 10.1. The van der Waals surface area contributed by atoms with E-state index >= 15 is 0 Å². The van der Waals surface area contributed by atoms with Crippen molar-refractivity contribution < 1.29 is 13.6 Å². The Balaban J connectivity index is 2.14. The van der Waals surface area contributed by atoms with Crippen molar-refractivity contribution in [2.75, 3.05) is 0 Å². The van der Waals surface area contributed by atoms with Crippen molar-refractivity contribution in [3.8, 4) is 0 Å². The molecule has 0 bridgehead atoms. The van der Waals surface area contributed by atoms with Crippen molar-refractivity contribution in [1.29, 1.82) is 0 Å². The molecule has 1 unspecified atom stereocenters. The maximum absolute atomic E-state index is 13.7. The molecule has 4 heteroatoms. The topological polar surface area (TPSA) is 20.3 Å². The maximum Gasteiger partial charge on any atom is 0.225 e. The smallest absolute Gasteiger partial charge is 0.225 e. The lowest BCUT2D eigenvalue weighted by molar-refractivity contribution is -0.136. The Labute approximate surface area is 112 Å². The van der Waals surface area contributed by atoms with Crippen LogP contribution in [0.1, 0.15) is 38.7 Å². The van der Waals surface area contributed by atoms with Crippen LogP contribution in [0.3, 0.4) is 0 Å². The number of amides is 1. The number of benzene rings is 1. The van der Waals surface area contributed by atoms with Gasteiger partial charge in [0.05, 0.1) is 0 Å². The molecule has 19 heavy (non-hydrogen) atoms. The third-order valence-corrected chi connectivity index (χ3v) is 3.66. The molecule has 0 heterocycles. The van der Waals surface area contributed by atoms with E-state index in [9.17, 15) is 13.6 Å². The van der Waals surface area contributed by atoms with Crippen molar-refractivity contribution >= 4 is 5.91 Å². The second-order valence-electron chi connectivity index (χ2n) is 5.24. The Hall–Kier alpha value is -1.45. The summed E-state index contributed by atoms with van der Waals surface area (Å²) in [6, 6.07) is 3.75. The van der Waals surface area contributed by atoms with Crippen LogP contribution in [0.25, 0.3) is 0 Å². The molecule has 0 N–H and O–H groups in total. The van der Waals surface area contributed by atoms with Crippen molar-refractivity contribution in [2.24, 2.45) is 5.92 Å². The van der Waals surface area contributed by atoms with E-state index in [-0.39, 0.29) is 24.4 Å². The molecule has 0 spiro atoms. The van der Waals surface area contributed by atoms with Crippen LogP contribution in [0.4, 0.5) is 8.78 Å². The molecule has 0 saturated heterocycles. The highest BCUT2D eigenvalue weighted by molar-refractivity contribution is 5.79. The molecule has 1 fully saturated rings. The first kappa shape index (κ1) is 14.0. The van der Waals surface area contributed by atoms with Crippen LogP contribution >= 0.6 is 0 Å². The third-order valence-electron chi connectivity index (χ3n) is 3.66. The van der Waals surface area contributed by atoms with Gasteiger partial charge in [0.2, 0.25) is 5.91 Å². The maximum atomic E-state index is 13.7. The molecule has 2 rings (SSSR count). The molecule has 1 saturated carbocycles. The van der Waals surface area contributed by atoms with Crippen LogP contribution in [-0.4, -0.2) is 16.8 Å². The number of halogens is 2. The first-order chi connectivity index (χ1) is 9.02. The van der Waals surface area contributed by atoms with Crippen LogP contribution in [0, 0.1) is 17.6 Å². The van der Waals surface area contributed by atoms with Crippen LogP contribution in [0.15, 0.2) is 18.2 Å². The van der Waals surface area contributed by atoms with Gasteiger partial charge in [0, 0.05) is 30.1 Å². The number of hydrogen-bond acceptors (Lipinski definition) is 1. The quantitative estimate of drug-likeness (QED) is 0.799. The average Bonchev–Trinajstić information content (AvgIpc) is 3.20. The van der Waals surface area contributed by atoms with E-state index < -0.39 is 11.6 Å². The number of rotatable bonds is 5. The van der Waals surface area contributed by atoms with E-state index in [1.807, 2.05) is 13.8 Å². The van der Waals surface area contributed by atoms with Gasteiger partial charge in [-0.2, -0.15) is 0 Å². The van der Waals surface area contributed by atoms with Gasteiger partial charge in [-0.15, -0.1) is 0 Å². The second kappa shape index (κ2) is 5.68. The molecular formula is C15H19F2NO. The Kier molecular flexibility index (Phi) is 4.17. The van der Waals surface area contributed by atoms with Crippen molar-refractivity contribution in [1.82, 2.24) is 4.90 Å². The number of carbonyl (C=O) groups is 1. The largest absolute Gasteiger partial charge is 0.335 e. The molecule has 1 aliphatic rings. The highest BCUT2D eigenvalue weighted by Gasteiger charge is 2.34. The third kappa shape index (κ3) is 3.31. The Morgan fingerprint density at radius 2 is 2.11 bits per heavy atom. The van der Waals surface area contributed by atoms with E-state index in [2.05, 4.69) is 0 Å². The minimum Gasteiger partial charge on any atom is -0.335 e. The highest BCUT2D eigenvalue weighted by atomic mass is 19.1. The van der Waals surface area contributed by atoms with E-state index in [0.717, 1.165) is 25.3 Å². The van der Waals surface area contributed by atoms with Gasteiger partial charge >= 0.3 is 0 Å². The van der Waals surface area contributed by atoms with Gasteiger partial charge < -0.3 is 4.90 Å². The summed E-state index contributed by atoms with van der Waals surface area (Å²) in [4.78, 5) is 14.0. The Morgan fingerprint density at radius 3 is 2.63 bits per heavy atom. The lowest BCUT2D eigenvalue weighted by Gasteiger charge is -2.25. The van der Waals surface area contributed by atoms with Gasteiger partial charge in [-0.25, -0.2) is 8.78 Å². The van der Waals surface area contributed by atoms with E-state index in [4.69, 9.17) is 0 Å². The predicted molar refractivity (Wildman–Crippen MR) is 69.4 cm³/mol. The monoisotopic (exact) mass is 267 g/mol. The summed E-state index contributed by atoms with van der Waals surface area (Å²) in [5, 5.41) is 0. The summed E-state index contributed by atoms with van der Waals surface area (Å²) in [7, 11) is 0. The van der Waals surface area contributed by atoms with Gasteiger partial charge in [0.1, 0.15) is 11.6 Å². The van der Waals surface area contributed by atoms with Gasteiger partial charge in [0.25, 0.3) is 0 Å². The number of carbonyl (C=O) groups excluding carboxylic acids is 1. The first-order valence-corrected chi connectivity index (χ1v) is 6.77. The normalized spacial score (nSPS) is 16.2. The fraction of sp³-hybridized carbons (Fsp3) is 0.533. The first-order valence-electron chi connectivity index (χ1n) is 6.77. The summed E-state index contributed by atoms with van der Waals surface area (Å²) < 4.78 is 26.5. The summed E-state index contributed by atoms with van der Waals surface area (Å²) in [6.45, 7) is 4.09. The molecule has 1 aliphatic carbocycles. The van der Waals surface area contributed by atoms with Crippen molar-refractivity contribution in [3.63, 3.8) is 0 Å². The number of hydrogen-bond donors (Lipinski definition) is 0. The standard InChI is InChI=1S/C15H19F2NO/c1-3-10(2)15(19)18(13-6-7-13)9-11-4-5-12(16)8-14(11)17/h4-5,8,10,13H,3,6-7,9H2,1-2H3. The molecule has 0 radical (unpaired) electrons. The van der Waals surface area contributed by atoms with Crippen LogP contribution in [0.5, 0.6) is 0 Å². The zero-order valence-electron chi connectivity index (χ0n) is 11.3. The minimum absolute atomic E-state index is 0.0518. The molecular weight excluding hydrogens is 248 g/mol. The van der Waals surface area contributed by atoms with Gasteiger partial charge in [-0.3, -0.25) is 4.79 Å². The Bertz CT molecular complexity index is 471. The molecule has 1 aromatic carbocycles. The van der Waals surface area contributed by atoms with Crippen LogP contribution in [-0.2, 0) is 11.3 Å². The highest BCUT2D eigenvalue weighted by Crippen LogP contribution is 2.30. The summed E-state index contributed by atoms with van der Waals surface area (Å²) in [5.74, 6) is -1.16. The van der Waals surface area contributed by atoms with Gasteiger partial charge in [-0.05, 0) is 25.3 Å². The zero-order chi connectivity index (χ0) is 14.0. The average molecular weight is 267 g/mol. The lowest BCUT2D eigenvalue weighted by Crippen LogP contribution is -2.36. The van der Waals surface area contributed by atoms with Gasteiger partial charge in [-0.1, -0.05) is 19.9 Å². The summed E-state index contributed by atoms with van der Waals surface area (Å²) in [5.41, 5.74) is 0.380. The van der Waals surface area contributed by atoms with E-state index in [0.29, 0.717) is 5.56 Å².